The van der Waals surface area contributed by atoms with Crippen LogP contribution in [0.3, 0.4) is 0 Å². The molecule has 106 valence electrons. The second kappa shape index (κ2) is 6.27. The summed E-state index contributed by atoms with van der Waals surface area (Å²) in [6, 6.07) is 6.04. The van der Waals surface area contributed by atoms with Crippen molar-refractivity contribution in [1.29, 1.82) is 0 Å². The topological polar surface area (TPSA) is 12.0 Å². The third-order valence-electron chi connectivity index (χ3n) is 3.98. The van der Waals surface area contributed by atoms with Crippen molar-refractivity contribution in [3.63, 3.8) is 0 Å². The minimum Gasteiger partial charge on any atom is -0.311 e. The first-order chi connectivity index (χ1) is 9.11. The van der Waals surface area contributed by atoms with Crippen molar-refractivity contribution < 1.29 is 4.39 Å². The summed E-state index contributed by atoms with van der Waals surface area (Å²) in [5.74, 6) is 1.13. The fourth-order valence-electron chi connectivity index (χ4n) is 2.89. The lowest BCUT2D eigenvalue weighted by Crippen LogP contribution is -2.43. The van der Waals surface area contributed by atoms with Gasteiger partial charge in [0.25, 0.3) is 0 Å². The second-order valence-corrected chi connectivity index (χ2v) is 6.45. The summed E-state index contributed by atoms with van der Waals surface area (Å²) < 4.78 is 15.5. The van der Waals surface area contributed by atoms with E-state index in [1.54, 1.807) is 0 Å². The van der Waals surface area contributed by atoms with Crippen molar-refractivity contribution in [3.05, 3.63) is 29.3 Å². The van der Waals surface area contributed by atoms with E-state index in [-0.39, 0.29) is 6.04 Å². The smallest absolute Gasteiger partial charge is 0.150 e. The molecule has 1 aromatic rings. The van der Waals surface area contributed by atoms with Crippen molar-refractivity contribution in [3.8, 4) is 0 Å². The Morgan fingerprint density at radius 2 is 2.21 bits per heavy atom. The molecule has 2 rings (SSSR count). The van der Waals surface area contributed by atoms with Gasteiger partial charge in [-0.3, -0.25) is 0 Å². The molecule has 1 aliphatic rings. The first-order valence-corrected chi connectivity index (χ1v) is 8.28. The molecule has 0 radical (unpaired) electrons. The molecule has 0 fully saturated rings. The van der Waals surface area contributed by atoms with Crippen molar-refractivity contribution >= 4 is 11.8 Å². The zero-order chi connectivity index (χ0) is 13.9. The number of halogens is 1. The summed E-state index contributed by atoms with van der Waals surface area (Å²) in [5.41, 5.74) is 0.918. The maximum absolute atomic E-state index is 15.5. The van der Waals surface area contributed by atoms with Crippen LogP contribution in [0, 0.1) is 0 Å². The SMILES string of the molecule is CCCC(F)(c1ccc2c(c1)CCS2)C(C)NCC. The van der Waals surface area contributed by atoms with E-state index in [1.165, 1.54) is 10.5 Å². The molecule has 0 aromatic heterocycles. The first-order valence-electron chi connectivity index (χ1n) is 7.30. The number of benzene rings is 1. The number of fused-ring (bicyclic) bond motifs is 1. The average molecular weight is 281 g/mol. The quantitative estimate of drug-likeness (QED) is 0.834. The minimum absolute atomic E-state index is 0.149. The summed E-state index contributed by atoms with van der Waals surface area (Å²) in [6.45, 7) is 6.84. The predicted molar refractivity (Wildman–Crippen MR) is 81.7 cm³/mol. The lowest BCUT2D eigenvalue weighted by molar-refractivity contribution is 0.0996. The number of thioether (sulfide) groups is 1. The van der Waals surface area contributed by atoms with Crippen LogP contribution in [0.25, 0.3) is 0 Å². The maximum atomic E-state index is 15.5. The van der Waals surface area contributed by atoms with Gasteiger partial charge in [0.1, 0.15) is 0 Å². The van der Waals surface area contributed by atoms with Crippen LogP contribution in [0.4, 0.5) is 4.39 Å². The Bertz CT molecular complexity index is 435. The Morgan fingerprint density at radius 1 is 1.42 bits per heavy atom. The van der Waals surface area contributed by atoms with Gasteiger partial charge in [0.2, 0.25) is 0 Å². The molecule has 0 aliphatic carbocycles. The number of likely N-dealkylation sites (N-methyl/N-ethyl adjacent to an activating group) is 1. The van der Waals surface area contributed by atoms with Gasteiger partial charge in [-0.1, -0.05) is 32.4 Å². The van der Waals surface area contributed by atoms with Gasteiger partial charge >= 0.3 is 0 Å². The summed E-state index contributed by atoms with van der Waals surface area (Å²) in [5, 5.41) is 3.26. The second-order valence-electron chi connectivity index (χ2n) is 5.31. The third-order valence-corrected chi connectivity index (χ3v) is 5.10. The number of alkyl halides is 1. The van der Waals surface area contributed by atoms with E-state index in [1.807, 2.05) is 31.7 Å². The number of hydrogen-bond acceptors (Lipinski definition) is 2. The molecule has 0 saturated heterocycles. The first kappa shape index (κ1) is 14.9. The average Bonchev–Trinajstić information content (AvgIpc) is 2.86. The largest absolute Gasteiger partial charge is 0.311 e. The Kier molecular flexibility index (Phi) is 4.91. The molecule has 3 heteroatoms. The van der Waals surface area contributed by atoms with Gasteiger partial charge in [-0.15, -0.1) is 11.8 Å². The number of nitrogens with one attached hydrogen (secondary N) is 1. The Labute approximate surface area is 120 Å². The number of rotatable bonds is 6. The Morgan fingerprint density at radius 3 is 2.89 bits per heavy atom. The summed E-state index contributed by atoms with van der Waals surface area (Å²) in [4.78, 5) is 1.33. The molecular weight excluding hydrogens is 257 g/mol. The molecule has 1 aliphatic heterocycles. The van der Waals surface area contributed by atoms with Gasteiger partial charge in [-0.25, -0.2) is 4.39 Å². The van der Waals surface area contributed by atoms with Crippen LogP contribution < -0.4 is 5.32 Å². The fourth-order valence-corrected chi connectivity index (χ4v) is 3.94. The van der Waals surface area contributed by atoms with Crippen LogP contribution in [-0.4, -0.2) is 18.3 Å². The monoisotopic (exact) mass is 281 g/mol. The van der Waals surface area contributed by atoms with Crippen LogP contribution in [0.15, 0.2) is 23.1 Å². The molecule has 1 N–H and O–H groups in total. The van der Waals surface area contributed by atoms with E-state index < -0.39 is 5.67 Å². The van der Waals surface area contributed by atoms with Crippen molar-refractivity contribution in [2.24, 2.45) is 0 Å². The molecule has 19 heavy (non-hydrogen) atoms. The third kappa shape index (κ3) is 2.97. The van der Waals surface area contributed by atoms with Crippen LogP contribution in [-0.2, 0) is 12.1 Å². The molecule has 0 amide bonds. The van der Waals surface area contributed by atoms with Gasteiger partial charge in [0.15, 0.2) is 5.67 Å². The molecule has 2 atom stereocenters. The highest BCUT2D eigenvalue weighted by Gasteiger charge is 2.37. The predicted octanol–water partition coefficient (Wildman–Crippen LogP) is 4.30. The highest BCUT2D eigenvalue weighted by Crippen LogP contribution is 2.39. The van der Waals surface area contributed by atoms with Gasteiger partial charge in [0.05, 0.1) is 0 Å². The lowest BCUT2D eigenvalue weighted by Gasteiger charge is -2.33. The van der Waals surface area contributed by atoms with Crippen LogP contribution in [0.1, 0.15) is 44.7 Å². The molecule has 0 spiro atoms. The minimum atomic E-state index is -1.26. The van der Waals surface area contributed by atoms with E-state index in [0.29, 0.717) is 6.42 Å². The standard InChI is InChI=1S/C16H24FNS/c1-4-9-16(17,12(3)18-5-2)14-6-7-15-13(11-14)8-10-19-15/h6-7,11-12,18H,4-5,8-10H2,1-3H3. The van der Waals surface area contributed by atoms with Crippen LogP contribution in [0.5, 0.6) is 0 Å². The van der Waals surface area contributed by atoms with Crippen molar-refractivity contribution in [2.45, 2.75) is 56.6 Å². The number of hydrogen-bond donors (Lipinski definition) is 1. The van der Waals surface area contributed by atoms with E-state index in [0.717, 1.165) is 30.7 Å². The maximum Gasteiger partial charge on any atom is 0.150 e. The van der Waals surface area contributed by atoms with Gasteiger partial charge in [-0.05, 0) is 43.5 Å². The molecule has 2 unspecified atom stereocenters. The summed E-state index contributed by atoms with van der Waals surface area (Å²) >= 11 is 1.88. The van der Waals surface area contributed by atoms with Crippen LogP contribution >= 0.6 is 11.8 Å². The fraction of sp³-hybridized carbons (Fsp3) is 0.625. The molecular formula is C16H24FNS. The molecule has 0 saturated carbocycles. The number of aryl methyl sites for hydroxylation is 1. The molecule has 1 aromatic carbocycles. The van der Waals surface area contributed by atoms with Crippen LogP contribution in [0.2, 0.25) is 0 Å². The van der Waals surface area contributed by atoms with Gasteiger partial charge < -0.3 is 5.32 Å². The normalized spacial score (nSPS) is 18.9. The zero-order valence-corrected chi connectivity index (χ0v) is 12.9. The van der Waals surface area contributed by atoms with Gasteiger partial charge in [0, 0.05) is 16.7 Å². The van der Waals surface area contributed by atoms with Crippen molar-refractivity contribution in [1.82, 2.24) is 5.32 Å². The Balaban J connectivity index is 2.32. The molecule has 1 heterocycles. The highest BCUT2D eigenvalue weighted by molar-refractivity contribution is 7.99. The van der Waals surface area contributed by atoms with E-state index in [2.05, 4.69) is 24.4 Å². The van der Waals surface area contributed by atoms with Gasteiger partial charge in [-0.2, -0.15) is 0 Å². The summed E-state index contributed by atoms with van der Waals surface area (Å²) in [7, 11) is 0. The highest BCUT2D eigenvalue weighted by atomic mass is 32.2. The molecule has 0 bridgehead atoms. The zero-order valence-electron chi connectivity index (χ0n) is 12.1. The Hall–Kier alpha value is -0.540. The lowest BCUT2D eigenvalue weighted by atomic mass is 9.84. The van der Waals surface area contributed by atoms with Crippen molar-refractivity contribution in [2.75, 3.05) is 12.3 Å². The molecule has 1 nitrogen and oxygen atoms in total. The van der Waals surface area contributed by atoms with E-state index in [4.69, 9.17) is 0 Å². The van der Waals surface area contributed by atoms with E-state index >= 15 is 4.39 Å². The summed E-state index contributed by atoms with van der Waals surface area (Å²) in [6.07, 6.45) is 2.51. The van der Waals surface area contributed by atoms with E-state index in [9.17, 15) is 0 Å².